The van der Waals surface area contributed by atoms with E-state index in [1.54, 1.807) is 37.4 Å². The summed E-state index contributed by atoms with van der Waals surface area (Å²) in [6, 6.07) is 19.6. The van der Waals surface area contributed by atoms with Crippen LogP contribution in [0.25, 0.3) is 22.3 Å². The normalized spacial score (nSPS) is 10.8. The van der Waals surface area contributed by atoms with Gasteiger partial charge in [-0.2, -0.15) is 0 Å². The lowest BCUT2D eigenvalue weighted by atomic mass is 10.0. The lowest BCUT2D eigenvalue weighted by Crippen LogP contribution is -2.17. The van der Waals surface area contributed by atoms with Crippen LogP contribution in [0.1, 0.15) is 21.5 Å². The van der Waals surface area contributed by atoms with Crippen molar-refractivity contribution >= 4 is 16.8 Å². The van der Waals surface area contributed by atoms with Gasteiger partial charge in [0.25, 0.3) is 0 Å². The Kier molecular flexibility index (Phi) is 5.58. The van der Waals surface area contributed by atoms with E-state index in [2.05, 4.69) is 0 Å². The van der Waals surface area contributed by atoms with Crippen molar-refractivity contribution in [2.45, 2.75) is 13.8 Å². The van der Waals surface area contributed by atoms with E-state index in [-0.39, 0.29) is 23.6 Å². The number of hydrogen-bond acceptors (Lipinski definition) is 5. The molecule has 0 aliphatic rings. The maximum atomic E-state index is 13.3. The minimum Gasteiger partial charge on any atom is -0.497 e. The molecule has 0 amide bonds. The lowest BCUT2D eigenvalue weighted by Gasteiger charge is -2.12. The molecular weight excluding hydrogens is 392 g/mol. The van der Waals surface area contributed by atoms with Crippen LogP contribution in [0.15, 0.2) is 75.9 Å². The van der Waals surface area contributed by atoms with E-state index in [1.807, 2.05) is 50.2 Å². The van der Waals surface area contributed by atoms with Crippen molar-refractivity contribution in [3.63, 3.8) is 0 Å². The number of methoxy groups -OCH3 is 1. The standard InChI is InChI=1S/C26H22O5/c1-16-13-21-23(14-17(16)2)31-25(19-7-5-4-6-8-19)26(24(21)28)30-15-22(27)18-9-11-20(29-3)12-10-18/h4-14H,15H2,1-3H3. The predicted molar refractivity (Wildman–Crippen MR) is 120 cm³/mol. The van der Waals surface area contributed by atoms with E-state index in [0.29, 0.717) is 33.6 Å². The number of ether oxygens (including phenoxy) is 2. The largest absolute Gasteiger partial charge is 0.497 e. The first-order valence-corrected chi connectivity index (χ1v) is 9.91. The molecule has 0 aliphatic heterocycles. The Balaban J connectivity index is 1.76. The van der Waals surface area contributed by atoms with Gasteiger partial charge in [0, 0.05) is 11.1 Å². The molecule has 4 rings (SSSR count). The van der Waals surface area contributed by atoms with Gasteiger partial charge in [-0.3, -0.25) is 9.59 Å². The molecule has 0 fully saturated rings. The van der Waals surface area contributed by atoms with E-state index >= 15 is 0 Å². The molecule has 156 valence electrons. The molecule has 5 nitrogen and oxygen atoms in total. The second kappa shape index (κ2) is 8.48. The quantitative estimate of drug-likeness (QED) is 0.398. The van der Waals surface area contributed by atoms with Gasteiger partial charge in [0.15, 0.2) is 18.2 Å². The van der Waals surface area contributed by atoms with Gasteiger partial charge in [-0.25, -0.2) is 0 Å². The van der Waals surface area contributed by atoms with Crippen molar-refractivity contribution in [1.82, 2.24) is 0 Å². The number of benzene rings is 3. The Bertz CT molecular complexity index is 1300. The number of Topliss-reactive ketones (excluding diaryl/α,β-unsaturated/α-hetero) is 1. The minimum absolute atomic E-state index is 0.0313. The van der Waals surface area contributed by atoms with E-state index in [0.717, 1.165) is 11.1 Å². The highest BCUT2D eigenvalue weighted by molar-refractivity contribution is 5.97. The summed E-state index contributed by atoms with van der Waals surface area (Å²) in [6.07, 6.45) is 0. The van der Waals surface area contributed by atoms with Gasteiger partial charge < -0.3 is 13.9 Å². The highest BCUT2D eigenvalue weighted by atomic mass is 16.5. The second-order valence-electron chi connectivity index (χ2n) is 7.33. The van der Waals surface area contributed by atoms with Crippen molar-refractivity contribution < 1.29 is 18.7 Å². The van der Waals surface area contributed by atoms with Gasteiger partial charge in [0.05, 0.1) is 12.5 Å². The van der Waals surface area contributed by atoms with Gasteiger partial charge in [-0.05, 0) is 61.4 Å². The van der Waals surface area contributed by atoms with Gasteiger partial charge in [0.1, 0.15) is 11.3 Å². The van der Waals surface area contributed by atoms with Crippen molar-refractivity contribution in [2.75, 3.05) is 13.7 Å². The topological polar surface area (TPSA) is 65.7 Å². The van der Waals surface area contributed by atoms with E-state index in [4.69, 9.17) is 13.9 Å². The van der Waals surface area contributed by atoms with E-state index < -0.39 is 0 Å². The molecule has 0 aliphatic carbocycles. The van der Waals surface area contributed by atoms with Gasteiger partial charge in [-0.1, -0.05) is 30.3 Å². The number of ketones is 1. The fraction of sp³-hybridized carbons (Fsp3) is 0.154. The van der Waals surface area contributed by atoms with Crippen molar-refractivity contribution in [1.29, 1.82) is 0 Å². The van der Waals surface area contributed by atoms with Gasteiger partial charge in [0.2, 0.25) is 11.2 Å². The maximum absolute atomic E-state index is 13.3. The van der Waals surface area contributed by atoms with E-state index in [1.165, 1.54) is 0 Å². The molecule has 0 unspecified atom stereocenters. The Morgan fingerprint density at radius 2 is 1.61 bits per heavy atom. The Hall–Kier alpha value is -3.86. The van der Waals surface area contributed by atoms with Crippen LogP contribution >= 0.6 is 0 Å². The molecule has 3 aromatic carbocycles. The molecule has 0 radical (unpaired) electrons. The van der Waals surface area contributed by atoms with Crippen LogP contribution in [0.2, 0.25) is 0 Å². The Morgan fingerprint density at radius 1 is 0.935 bits per heavy atom. The third-order valence-corrected chi connectivity index (χ3v) is 5.26. The summed E-state index contributed by atoms with van der Waals surface area (Å²) in [4.78, 5) is 25.9. The first-order chi connectivity index (χ1) is 15.0. The molecule has 4 aromatic rings. The highest BCUT2D eigenvalue weighted by Crippen LogP contribution is 2.31. The summed E-state index contributed by atoms with van der Waals surface area (Å²) >= 11 is 0. The number of carbonyl (C=O) groups excluding carboxylic acids is 1. The highest BCUT2D eigenvalue weighted by Gasteiger charge is 2.20. The summed E-state index contributed by atoms with van der Waals surface area (Å²) < 4.78 is 17.0. The number of rotatable bonds is 6. The smallest absolute Gasteiger partial charge is 0.235 e. The van der Waals surface area contributed by atoms with Crippen LogP contribution < -0.4 is 14.9 Å². The lowest BCUT2D eigenvalue weighted by molar-refractivity contribution is 0.0920. The SMILES string of the molecule is COc1ccc(C(=O)COc2c(-c3ccccc3)oc3cc(C)c(C)cc3c2=O)cc1. The summed E-state index contributed by atoms with van der Waals surface area (Å²) in [7, 11) is 1.56. The molecule has 0 spiro atoms. The zero-order valence-electron chi connectivity index (χ0n) is 17.6. The molecule has 0 N–H and O–H groups in total. The number of hydrogen-bond donors (Lipinski definition) is 0. The average Bonchev–Trinajstić information content (AvgIpc) is 2.80. The molecule has 31 heavy (non-hydrogen) atoms. The zero-order valence-corrected chi connectivity index (χ0v) is 17.6. The minimum atomic E-state index is -0.300. The first-order valence-electron chi connectivity index (χ1n) is 9.91. The first kappa shape index (κ1) is 20.4. The molecule has 0 saturated heterocycles. The summed E-state index contributed by atoms with van der Waals surface area (Å²) in [5, 5.41) is 0.426. The molecule has 0 saturated carbocycles. The fourth-order valence-electron chi connectivity index (χ4n) is 3.34. The predicted octanol–water partition coefficient (Wildman–Crippen LogP) is 5.35. The monoisotopic (exact) mass is 414 g/mol. The third-order valence-electron chi connectivity index (χ3n) is 5.26. The molecule has 5 heteroatoms. The molecule has 1 aromatic heterocycles. The number of carbonyl (C=O) groups is 1. The zero-order chi connectivity index (χ0) is 22.0. The second-order valence-corrected chi connectivity index (χ2v) is 7.33. The van der Waals surface area contributed by atoms with Crippen molar-refractivity contribution in [3.05, 3.63) is 93.6 Å². The van der Waals surface area contributed by atoms with Gasteiger partial charge in [-0.15, -0.1) is 0 Å². The van der Waals surface area contributed by atoms with Crippen molar-refractivity contribution in [2.24, 2.45) is 0 Å². The van der Waals surface area contributed by atoms with Crippen LogP contribution in [-0.4, -0.2) is 19.5 Å². The summed E-state index contributed by atoms with van der Waals surface area (Å²) in [5.41, 5.74) is 3.36. The Morgan fingerprint density at radius 3 is 2.29 bits per heavy atom. The van der Waals surface area contributed by atoms with Crippen LogP contribution in [0.5, 0.6) is 11.5 Å². The van der Waals surface area contributed by atoms with Crippen LogP contribution in [-0.2, 0) is 0 Å². The fourth-order valence-corrected chi connectivity index (χ4v) is 3.34. The summed E-state index contributed by atoms with van der Waals surface area (Å²) in [5.74, 6) is 0.749. The Labute approximate surface area is 179 Å². The maximum Gasteiger partial charge on any atom is 0.235 e. The molecule has 1 heterocycles. The number of fused-ring (bicyclic) bond motifs is 1. The van der Waals surface area contributed by atoms with Crippen LogP contribution in [0, 0.1) is 13.8 Å². The van der Waals surface area contributed by atoms with Crippen LogP contribution in [0.4, 0.5) is 0 Å². The molecule has 0 atom stereocenters. The van der Waals surface area contributed by atoms with Crippen molar-refractivity contribution in [3.8, 4) is 22.8 Å². The number of aryl methyl sites for hydroxylation is 2. The average molecular weight is 414 g/mol. The van der Waals surface area contributed by atoms with Gasteiger partial charge >= 0.3 is 0 Å². The van der Waals surface area contributed by atoms with Crippen LogP contribution in [0.3, 0.4) is 0 Å². The van der Waals surface area contributed by atoms with E-state index in [9.17, 15) is 9.59 Å². The third kappa shape index (κ3) is 4.08. The molecule has 0 bridgehead atoms. The molecular formula is C26H22O5. The summed E-state index contributed by atoms with van der Waals surface area (Å²) in [6.45, 7) is 3.62.